The smallest absolute Gasteiger partial charge is 0.248 e. The third-order valence-electron chi connectivity index (χ3n) is 5.07. The van der Waals surface area contributed by atoms with Crippen LogP contribution in [0.15, 0.2) is 11.6 Å². The summed E-state index contributed by atoms with van der Waals surface area (Å²) < 4.78 is 11.5. The zero-order chi connectivity index (χ0) is 17.0. The Hall–Kier alpha value is -1.02. The lowest BCUT2D eigenvalue weighted by molar-refractivity contribution is -0.134. The van der Waals surface area contributed by atoms with E-state index in [0.717, 1.165) is 32.7 Å². The molecular formula is C17H27N3O3S. The van der Waals surface area contributed by atoms with Gasteiger partial charge in [0.25, 0.3) is 0 Å². The van der Waals surface area contributed by atoms with Crippen LogP contribution in [0, 0.1) is 5.41 Å². The summed E-state index contributed by atoms with van der Waals surface area (Å²) in [5, 5.41) is 3.24. The van der Waals surface area contributed by atoms with E-state index in [-0.39, 0.29) is 18.6 Å². The fraction of sp³-hybridized carbons (Fsp3) is 0.765. The van der Waals surface area contributed by atoms with Crippen molar-refractivity contribution in [3.8, 4) is 0 Å². The number of likely N-dealkylation sites (N-methyl/N-ethyl adjacent to an activating group) is 1. The van der Waals surface area contributed by atoms with Crippen molar-refractivity contribution in [1.82, 2.24) is 14.8 Å². The number of ether oxygens (including phenoxy) is 2. The van der Waals surface area contributed by atoms with Crippen LogP contribution in [0.3, 0.4) is 0 Å². The molecule has 0 saturated carbocycles. The molecule has 1 atom stereocenters. The van der Waals surface area contributed by atoms with E-state index in [1.807, 2.05) is 11.6 Å². The Morgan fingerprint density at radius 2 is 2.29 bits per heavy atom. The Kier molecular flexibility index (Phi) is 5.86. The number of likely N-dealkylation sites (tertiary alicyclic amines) is 1. The van der Waals surface area contributed by atoms with Crippen LogP contribution < -0.4 is 0 Å². The van der Waals surface area contributed by atoms with Crippen LogP contribution in [-0.2, 0) is 20.8 Å². The minimum Gasteiger partial charge on any atom is -0.375 e. The second kappa shape index (κ2) is 7.91. The molecule has 134 valence electrons. The van der Waals surface area contributed by atoms with Gasteiger partial charge in [0.15, 0.2) is 0 Å². The van der Waals surface area contributed by atoms with E-state index in [0.29, 0.717) is 12.0 Å². The van der Waals surface area contributed by atoms with Crippen LogP contribution in [0.4, 0.5) is 0 Å². The van der Waals surface area contributed by atoms with Crippen LogP contribution >= 0.6 is 11.3 Å². The van der Waals surface area contributed by atoms with Crippen molar-refractivity contribution in [2.24, 2.45) is 5.41 Å². The van der Waals surface area contributed by atoms with Crippen molar-refractivity contribution >= 4 is 17.2 Å². The van der Waals surface area contributed by atoms with Crippen LogP contribution in [0.2, 0.25) is 0 Å². The van der Waals surface area contributed by atoms with Gasteiger partial charge in [-0.3, -0.25) is 9.69 Å². The summed E-state index contributed by atoms with van der Waals surface area (Å²) in [4.78, 5) is 19.9. The molecule has 0 radical (unpaired) electrons. The predicted octanol–water partition coefficient (Wildman–Crippen LogP) is 1.62. The summed E-state index contributed by atoms with van der Waals surface area (Å²) in [5.74, 6) is -0.00166. The fourth-order valence-corrected chi connectivity index (χ4v) is 4.12. The number of carbonyl (C=O) groups is 1. The highest BCUT2D eigenvalue weighted by atomic mass is 32.1. The highest BCUT2D eigenvalue weighted by molar-refractivity contribution is 7.09. The highest BCUT2D eigenvalue weighted by Gasteiger charge is 2.42. The number of thiazole rings is 1. The summed E-state index contributed by atoms with van der Waals surface area (Å²) in [6.45, 7) is 4.67. The maximum absolute atomic E-state index is 11.5. The predicted molar refractivity (Wildman–Crippen MR) is 92.9 cm³/mol. The molecule has 24 heavy (non-hydrogen) atoms. The van der Waals surface area contributed by atoms with Gasteiger partial charge in [0.2, 0.25) is 5.91 Å². The van der Waals surface area contributed by atoms with Crippen molar-refractivity contribution in [2.45, 2.75) is 31.9 Å². The molecule has 2 fully saturated rings. The molecular weight excluding hydrogens is 326 g/mol. The Balaban J connectivity index is 1.38. The van der Waals surface area contributed by atoms with E-state index in [9.17, 15) is 4.79 Å². The number of amides is 1. The van der Waals surface area contributed by atoms with Gasteiger partial charge >= 0.3 is 0 Å². The average Bonchev–Trinajstić information content (AvgIpc) is 3.20. The van der Waals surface area contributed by atoms with Crippen LogP contribution in [0.25, 0.3) is 0 Å². The first kappa shape index (κ1) is 17.8. The van der Waals surface area contributed by atoms with E-state index in [1.54, 1.807) is 30.3 Å². The number of rotatable bonds is 6. The standard InChI is InChI=1S/C17H27N3O3S/c1-19(2)16(21)12-22-11-14-9-17(13-23-14)3-6-20(7-4-17)10-15-18-5-8-24-15/h5,8,14H,3-4,6-7,9-13H2,1-2H3. The van der Waals surface area contributed by atoms with E-state index in [4.69, 9.17) is 9.47 Å². The topological polar surface area (TPSA) is 54.9 Å². The largest absolute Gasteiger partial charge is 0.375 e. The lowest BCUT2D eigenvalue weighted by Gasteiger charge is -2.38. The van der Waals surface area contributed by atoms with Crippen LogP contribution in [0.5, 0.6) is 0 Å². The minimum absolute atomic E-state index is 0.00166. The number of hydrogen-bond donors (Lipinski definition) is 0. The van der Waals surface area contributed by atoms with Gasteiger partial charge < -0.3 is 14.4 Å². The van der Waals surface area contributed by atoms with E-state index >= 15 is 0 Å². The van der Waals surface area contributed by atoms with Gasteiger partial charge in [0.1, 0.15) is 11.6 Å². The monoisotopic (exact) mass is 353 g/mol. The lowest BCUT2D eigenvalue weighted by atomic mass is 9.77. The Labute approximate surface area is 147 Å². The molecule has 3 rings (SSSR count). The third-order valence-corrected chi connectivity index (χ3v) is 5.84. The second-order valence-corrected chi connectivity index (χ2v) is 8.12. The summed E-state index contributed by atoms with van der Waals surface area (Å²) in [7, 11) is 3.48. The molecule has 1 aromatic heterocycles. The average molecular weight is 353 g/mol. The molecule has 3 heterocycles. The molecule has 0 aliphatic carbocycles. The highest BCUT2D eigenvalue weighted by Crippen LogP contribution is 2.42. The lowest BCUT2D eigenvalue weighted by Crippen LogP contribution is -2.40. The molecule has 0 N–H and O–H groups in total. The van der Waals surface area contributed by atoms with Gasteiger partial charge in [-0.15, -0.1) is 11.3 Å². The number of nitrogens with zero attached hydrogens (tertiary/aromatic N) is 3. The fourth-order valence-electron chi connectivity index (χ4n) is 3.47. The van der Waals surface area contributed by atoms with E-state index in [2.05, 4.69) is 9.88 Å². The Bertz CT molecular complexity index is 527. The van der Waals surface area contributed by atoms with Gasteiger partial charge in [-0.05, 0) is 37.8 Å². The van der Waals surface area contributed by atoms with E-state index in [1.165, 1.54) is 17.8 Å². The van der Waals surface area contributed by atoms with Crippen molar-refractivity contribution in [1.29, 1.82) is 0 Å². The normalized spacial score (nSPS) is 23.7. The quantitative estimate of drug-likeness (QED) is 0.778. The SMILES string of the molecule is CN(C)C(=O)COCC1CC2(CCN(Cc3nccs3)CC2)CO1. The van der Waals surface area contributed by atoms with E-state index < -0.39 is 0 Å². The summed E-state index contributed by atoms with van der Waals surface area (Å²) >= 11 is 1.73. The molecule has 7 heteroatoms. The number of aromatic nitrogens is 1. The zero-order valence-electron chi connectivity index (χ0n) is 14.6. The zero-order valence-corrected chi connectivity index (χ0v) is 15.4. The molecule has 1 unspecified atom stereocenters. The summed E-state index contributed by atoms with van der Waals surface area (Å²) in [6.07, 6.45) is 5.40. The number of piperidine rings is 1. The van der Waals surface area contributed by atoms with Gasteiger partial charge in [-0.2, -0.15) is 0 Å². The molecule has 2 aliphatic rings. The Morgan fingerprint density at radius 3 is 2.96 bits per heavy atom. The van der Waals surface area contributed by atoms with Gasteiger partial charge in [0, 0.05) is 25.7 Å². The molecule has 2 saturated heterocycles. The van der Waals surface area contributed by atoms with Crippen molar-refractivity contribution in [3.05, 3.63) is 16.6 Å². The molecule has 0 aromatic carbocycles. The Morgan fingerprint density at radius 1 is 1.50 bits per heavy atom. The molecule has 2 aliphatic heterocycles. The first-order valence-corrected chi connectivity index (χ1v) is 9.45. The van der Waals surface area contributed by atoms with Gasteiger partial charge in [-0.25, -0.2) is 4.98 Å². The summed E-state index contributed by atoms with van der Waals surface area (Å²) in [6, 6.07) is 0. The van der Waals surface area contributed by atoms with Crippen LogP contribution in [-0.4, -0.2) is 73.8 Å². The number of hydrogen-bond acceptors (Lipinski definition) is 6. The third kappa shape index (κ3) is 4.53. The maximum Gasteiger partial charge on any atom is 0.248 e. The molecule has 0 bridgehead atoms. The first-order chi connectivity index (χ1) is 11.6. The van der Waals surface area contributed by atoms with Crippen LogP contribution in [0.1, 0.15) is 24.3 Å². The maximum atomic E-state index is 11.5. The first-order valence-electron chi connectivity index (χ1n) is 8.57. The molecule has 1 amide bonds. The van der Waals surface area contributed by atoms with Crippen molar-refractivity contribution in [3.63, 3.8) is 0 Å². The van der Waals surface area contributed by atoms with Gasteiger partial charge in [0.05, 0.1) is 25.9 Å². The second-order valence-electron chi connectivity index (χ2n) is 7.14. The summed E-state index contributed by atoms with van der Waals surface area (Å²) in [5.41, 5.74) is 0.305. The minimum atomic E-state index is -0.00166. The van der Waals surface area contributed by atoms with Crippen molar-refractivity contribution < 1.29 is 14.3 Å². The van der Waals surface area contributed by atoms with Crippen molar-refractivity contribution in [2.75, 3.05) is 47.0 Å². The molecule has 1 spiro atoms. The number of carbonyl (C=O) groups excluding carboxylic acids is 1. The molecule has 6 nitrogen and oxygen atoms in total. The molecule has 1 aromatic rings. The van der Waals surface area contributed by atoms with Gasteiger partial charge in [-0.1, -0.05) is 0 Å².